The summed E-state index contributed by atoms with van der Waals surface area (Å²) in [5, 5.41) is 10.0. The van der Waals surface area contributed by atoms with Crippen molar-refractivity contribution in [1.29, 1.82) is 0 Å². The minimum atomic E-state index is -0.489. The summed E-state index contributed by atoms with van der Waals surface area (Å²) in [5.41, 5.74) is 1.64. The quantitative estimate of drug-likeness (QED) is 0.756. The van der Waals surface area contributed by atoms with E-state index in [2.05, 4.69) is 32.3 Å². The lowest BCUT2D eigenvalue weighted by molar-refractivity contribution is -0.113. The topological polar surface area (TPSA) is 110 Å². The van der Waals surface area contributed by atoms with Gasteiger partial charge in [-0.2, -0.15) is 14.8 Å². The number of methoxy groups -OCH3 is 1. The summed E-state index contributed by atoms with van der Waals surface area (Å²) < 4.78 is 6.51. The Kier molecular flexibility index (Phi) is 5.55. The molecule has 1 aromatic carbocycles. The molecule has 1 aromatic heterocycles. The lowest BCUT2D eigenvalue weighted by atomic mass is 9.92. The summed E-state index contributed by atoms with van der Waals surface area (Å²) >= 11 is 0. The van der Waals surface area contributed by atoms with Crippen molar-refractivity contribution >= 4 is 35.1 Å². The lowest BCUT2D eigenvalue weighted by Crippen LogP contribution is -2.27. The third-order valence-corrected chi connectivity index (χ3v) is 4.40. The van der Waals surface area contributed by atoms with E-state index in [-0.39, 0.29) is 16.9 Å². The second kappa shape index (κ2) is 7.94. The first-order chi connectivity index (χ1) is 14.1. The zero-order valence-corrected chi connectivity index (χ0v) is 17.6. The van der Waals surface area contributed by atoms with E-state index in [1.807, 2.05) is 20.8 Å². The van der Waals surface area contributed by atoms with Gasteiger partial charge in [0.1, 0.15) is 11.6 Å². The fourth-order valence-electron chi connectivity index (χ4n) is 2.62. The standard InChI is InChI=1S/C21H24N6O3/c1-12-13(2)22-19(25-18(12)28)27-17(11-16(26-27)21(3,4)5)24-20(29)23-14-8-7-9-15(10-14)30-6/h7-11H,1H2,2-6H3,(H2,23,24,29). The van der Waals surface area contributed by atoms with Gasteiger partial charge in [-0.25, -0.2) is 9.79 Å². The average molecular weight is 408 g/mol. The summed E-state index contributed by atoms with van der Waals surface area (Å²) in [6.07, 6.45) is 0. The van der Waals surface area contributed by atoms with E-state index in [0.29, 0.717) is 28.7 Å². The van der Waals surface area contributed by atoms with Gasteiger partial charge in [-0.05, 0) is 19.1 Å². The number of carbonyl (C=O) groups excluding carboxylic acids is 2. The summed E-state index contributed by atoms with van der Waals surface area (Å²) in [4.78, 5) is 33.0. The number of aromatic nitrogens is 2. The molecule has 3 rings (SSSR count). The van der Waals surface area contributed by atoms with E-state index >= 15 is 0 Å². The van der Waals surface area contributed by atoms with Crippen molar-refractivity contribution in [2.45, 2.75) is 33.1 Å². The van der Waals surface area contributed by atoms with Gasteiger partial charge in [0.2, 0.25) is 0 Å². The third-order valence-electron chi connectivity index (χ3n) is 4.40. The smallest absolute Gasteiger partial charge is 0.324 e. The van der Waals surface area contributed by atoms with Crippen LogP contribution in [-0.4, -0.2) is 40.5 Å². The highest BCUT2D eigenvalue weighted by Crippen LogP contribution is 2.25. The van der Waals surface area contributed by atoms with Crippen LogP contribution >= 0.6 is 0 Å². The average Bonchev–Trinajstić information content (AvgIpc) is 3.10. The number of nitrogens with one attached hydrogen (secondary N) is 2. The maximum absolute atomic E-state index is 12.6. The van der Waals surface area contributed by atoms with Gasteiger partial charge in [0, 0.05) is 23.2 Å². The number of amides is 3. The number of aliphatic imine (C=N–C) groups is 2. The molecule has 2 heterocycles. The first-order valence-corrected chi connectivity index (χ1v) is 9.29. The van der Waals surface area contributed by atoms with Crippen LogP contribution in [0.5, 0.6) is 5.75 Å². The van der Waals surface area contributed by atoms with Crippen LogP contribution in [0.25, 0.3) is 0 Å². The maximum atomic E-state index is 12.6. The van der Waals surface area contributed by atoms with E-state index in [1.54, 1.807) is 44.4 Å². The van der Waals surface area contributed by atoms with Crippen LogP contribution < -0.4 is 15.4 Å². The van der Waals surface area contributed by atoms with Crippen molar-refractivity contribution in [2.24, 2.45) is 9.98 Å². The summed E-state index contributed by atoms with van der Waals surface area (Å²) in [5.74, 6) is 0.526. The van der Waals surface area contributed by atoms with Gasteiger partial charge >= 0.3 is 6.03 Å². The van der Waals surface area contributed by atoms with Gasteiger partial charge in [0.15, 0.2) is 0 Å². The Bertz CT molecular complexity index is 1090. The molecule has 3 amide bonds. The SMILES string of the molecule is C=C1C(=O)N=C(n2nc(C(C)(C)C)cc2NC(=O)Nc2cccc(OC)c2)N=C1C. The summed E-state index contributed by atoms with van der Waals surface area (Å²) in [6, 6.07) is 8.22. The van der Waals surface area contributed by atoms with Gasteiger partial charge in [0.05, 0.1) is 24.1 Å². The van der Waals surface area contributed by atoms with E-state index in [9.17, 15) is 9.59 Å². The monoisotopic (exact) mass is 408 g/mol. The van der Waals surface area contributed by atoms with Gasteiger partial charge in [-0.1, -0.05) is 33.4 Å². The number of urea groups is 1. The van der Waals surface area contributed by atoms with E-state index in [1.165, 1.54) is 4.68 Å². The summed E-state index contributed by atoms with van der Waals surface area (Å²) in [6.45, 7) is 11.3. The zero-order valence-electron chi connectivity index (χ0n) is 17.6. The Morgan fingerprint density at radius 1 is 1.17 bits per heavy atom. The molecule has 0 fully saturated rings. The highest BCUT2D eigenvalue weighted by Gasteiger charge is 2.25. The molecule has 9 heteroatoms. The molecule has 0 bridgehead atoms. The van der Waals surface area contributed by atoms with E-state index in [0.717, 1.165) is 0 Å². The number of ether oxygens (including phenoxy) is 1. The van der Waals surface area contributed by atoms with Crippen LogP contribution in [0.4, 0.5) is 16.3 Å². The molecular weight excluding hydrogens is 384 g/mol. The molecule has 0 spiro atoms. The van der Waals surface area contributed by atoms with Gasteiger partial charge < -0.3 is 10.1 Å². The number of hydrogen-bond donors (Lipinski definition) is 2. The molecule has 1 aliphatic rings. The first-order valence-electron chi connectivity index (χ1n) is 9.29. The third kappa shape index (κ3) is 4.45. The van der Waals surface area contributed by atoms with Gasteiger partial charge in [-0.15, -0.1) is 0 Å². The van der Waals surface area contributed by atoms with Crippen molar-refractivity contribution in [3.63, 3.8) is 0 Å². The zero-order chi connectivity index (χ0) is 22.1. The summed E-state index contributed by atoms with van der Waals surface area (Å²) in [7, 11) is 1.55. The molecule has 0 radical (unpaired) electrons. The Labute approximate surface area is 174 Å². The molecule has 1 aliphatic heterocycles. The highest BCUT2D eigenvalue weighted by atomic mass is 16.5. The molecule has 9 nitrogen and oxygen atoms in total. The fraction of sp³-hybridized carbons (Fsp3) is 0.286. The molecule has 30 heavy (non-hydrogen) atoms. The second-order valence-electron chi connectivity index (χ2n) is 7.78. The molecule has 0 saturated carbocycles. The van der Waals surface area contributed by atoms with Crippen LogP contribution in [0.3, 0.4) is 0 Å². The fourth-order valence-corrected chi connectivity index (χ4v) is 2.62. The van der Waals surface area contributed by atoms with E-state index in [4.69, 9.17) is 4.74 Å². The van der Waals surface area contributed by atoms with Crippen molar-refractivity contribution in [3.05, 3.63) is 48.2 Å². The van der Waals surface area contributed by atoms with Crippen molar-refractivity contribution in [3.8, 4) is 5.75 Å². The molecule has 0 unspecified atom stereocenters. The van der Waals surface area contributed by atoms with Crippen LogP contribution in [0.15, 0.2) is 52.5 Å². The maximum Gasteiger partial charge on any atom is 0.324 e. The number of rotatable bonds is 3. The van der Waals surface area contributed by atoms with Gasteiger partial charge in [-0.3, -0.25) is 10.1 Å². The number of nitrogens with zero attached hydrogens (tertiary/aromatic N) is 4. The van der Waals surface area contributed by atoms with Crippen molar-refractivity contribution < 1.29 is 14.3 Å². The lowest BCUT2D eigenvalue weighted by Gasteiger charge is -2.14. The minimum Gasteiger partial charge on any atom is -0.497 e. The molecule has 0 atom stereocenters. The normalized spacial score (nSPS) is 14.2. The number of carbonyl (C=O) groups is 2. The molecule has 2 aromatic rings. The van der Waals surface area contributed by atoms with Crippen LogP contribution in [0.1, 0.15) is 33.4 Å². The Balaban J connectivity index is 1.93. The number of anilines is 2. The minimum absolute atomic E-state index is 0.0667. The second-order valence-corrected chi connectivity index (χ2v) is 7.78. The predicted molar refractivity (Wildman–Crippen MR) is 117 cm³/mol. The predicted octanol–water partition coefficient (Wildman–Crippen LogP) is 3.59. The van der Waals surface area contributed by atoms with Crippen molar-refractivity contribution in [1.82, 2.24) is 9.78 Å². The molecular formula is C21H24N6O3. The van der Waals surface area contributed by atoms with Crippen LogP contribution in [0.2, 0.25) is 0 Å². The molecule has 156 valence electrons. The van der Waals surface area contributed by atoms with Gasteiger partial charge in [0.25, 0.3) is 11.9 Å². The molecule has 0 aliphatic carbocycles. The van der Waals surface area contributed by atoms with Crippen LogP contribution in [-0.2, 0) is 10.2 Å². The molecule has 2 N–H and O–H groups in total. The van der Waals surface area contributed by atoms with Crippen molar-refractivity contribution in [2.75, 3.05) is 17.7 Å². The molecule has 0 saturated heterocycles. The Morgan fingerprint density at radius 2 is 1.90 bits per heavy atom. The first kappa shape index (κ1) is 21.0. The van der Waals surface area contributed by atoms with Crippen LogP contribution in [0, 0.1) is 0 Å². The largest absolute Gasteiger partial charge is 0.497 e. The Hall–Kier alpha value is -3.75. The Morgan fingerprint density at radius 3 is 2.53 bits per heavy atom. The number of hydrogen-bond acceptors (Lipinski definition) is 5. The highest BCUT2D eigenvalue weighted by molar-refractivity contribution is 6.27. The number of benzene rings is 1. The van der Waals surface area contributed by atoms with E-state index < -0.39 is 11.9 Å².